The minimum atomic E-state index is -0.587. The molecule has 2 aromatic rings. The number of rotatable bonds is 4. The maximum atomic E-state index is 12.6. The molecule has 0 saturated carbocycles. The van der Waals surface area contributed by atoms with Crippen molar-refractivity contribution in [2.45, 2.75) is 39.3 Å². The highest BCUT2D eigenvalue weighted by molar-refractivity contribution is 7.17. The van der Waals surface area contributed by atoms with E-state index in [0.29, 0.717) is 47.3 Å². The fourth-order valence-electron chi connectivity index (χ4n) is 3.95. The van der Waals surface area contributed by atoms with Crippen molar-refractivity contribution < 1.29 is 19.1 Å². The molecule has 0 aliphatic carbocycles. The number of amides is 4. The molecule has 1 aromatic heterocycles. The summed E-state index contributed by atoms with van der Waals surface area (Å²) in [6, 6.07) is 6.22. The molecule has 0 fully saturated rings. The number of nitrogens with zero attached hydrogens (tertiary/aromatic N) is 2. The van der Waals surface area contributed by atoms with Crippen LogP contribution < -0.4 is 16.4 Å². The van der Waals surface area contributed by atoms with E-state index >= 15 is 0 Å². The van der Waals surface area contributed by atoms with Crippen molar-refractivity contribution in [2.75, 3.05) is 23.7 Å². The number of carbonyl (C=O) groups excluding carboxylic acids is 3. The molecule has 4 amide bonds. The van der Waals surface area contributed by atoms with Crippen LogP contribution in [0.15, 0.2) is 48.3 Å². The van der Waals surface area contributed by atoms with Crippen LogP contribution in [-0.4, -0.2) is 46.5 Å². The largest absolute Gasteiger partial charge is 0.443 e. The zero-order valence-corrected chi connectivity index (χ0v) is 21.8. The Labute approximate surface area is 218 Å². The van der Waals surface area contributed by atoms with E-state index in [1.165, 1.54) is 16.2 Å². The van der Waals surface area contributed by atoms with Crippen LogP contribution in [0.3, 0.4) is 0 Å². The lowest BCUT2D eigenvalue weighted by molar-refractivity contribution is 0.0345. The topological polar surface area (TPSA) is 117 Å². The number of hydrogen-bond donors (Lipinski definition) is 3. The number of urea groups is 1. The summed E-state index contributed by atoms with van der Waals surface area (Å²) in [5.74, 6) is -0.587. The minimum Gasteiger partial charge on any atom is -0.443 e. The molecule has 4 N–H and O–H groups in total. The highest BCUT2D eigenvalue weighted by Crippen LogP contribution is 2.38. The van der Waals surface area contributed by atoms with Crippen molar-refractivity contribution in [1.82, 2.24) is 9.80 Å². The molecule has 2 aliphatic rings. The van der Waals surface area contributed by atoms with Gasteiger partial charge in [-0.2, -0.15) is 0 Å². The lowest BCUT2D eigenvalue weighted by Gasteiger charge is -2.33. The van der Waals surface area contributed by atoms with E-state index in [1.807, 2.05) is 32.9 Å². The number of nitrogens with one attached hydrogen (secondary N) is 2. The normalized spacial score (nSPS) is 15.2. The predicted molar refractivity (Wildman–Crippen MR) is 141 cm³/mol. The number of halogens is 1. The smallest absolute Gasteiger partial charge is 0.414 e. The summed E-state index contributed by atoms with van der Waals surface area (Å²) in [6.45, 7) is 7.05. The summed E-state index contributed by atoms with van der Waals surface area (Å²) in [6.07, 6.45) is 5.81. The third-order valence-corrected chi connectivity index (χ3v) is 6.89. The average molecular weight is 530 g/mol. The molecular weight excluding hydrogens is 502 g/mol. The molecule has 2 aliphatic heterocycles. The van der Waals surface area contributed by atoms with Gasteiger partial charge in [0.15, 0.2) is 0 Å². The third-order valence-electron chi connectivity index (χ3n) is 5.50. The first-order valence-electron chi connectivity index (χ1n) is 11.4. The number of primary amides is 1. The Morgan fingerprint density at radius 2 is 1.86 bits per heavy atom. The zero-order valence-electron chi connectivity index (χ0n) is 20.3. The monoisotopic (exact) mass is 529 g/mol. The minimum absolute atomic E-state index is 0.337. The summed E-state index contributed by atoms with van der Waals surface area (Å²) in [7, 11) is 0. The van der Waals surface area contributed by atoms with E-state index in [9.17, 15) is 14.4 Å². The first-order valence-corrected chi connectivity index (χ1v) is 12.6. The first-order chi connectivity index (χ1) is 17.0. The fraction of sp³-hybridized carbons (Fsp3) is 0.320. The van der Waals surface area contributed by atoms with E-state index < -0.39 is 23.6 Å². The predicted octanol–water partition coefficient (Wildman–Crippen LogP) is 5.15. The van der Waals surface area contributed by atoms with Crippen LogP contribution in [0, 0.1) is 0 Å². The number of allylic oxidation sites excluding steroid dienone is 1. The van der Waals surface area contributed by atoms with Crippen LogP contribution in [0.4, 0.5) is 20.3 Å². The molecule has 0 radical (unpaired) electrons. The molecule has 4 rings (SSSR count). The molecule has 3 heterocycles. The number of hydrogen-bond acceptors (Lipinski definition) is 6. The van der Waals surface area contributed by atoms with Gasteiger partial charge < -0.3 is 20.7 Å². The van der Waals surface area contributed by atoms with Crippen LogP contribution in [0.5, 0.6) is 0 Å². The van der Waals surface area contributed by atoms with E-state index in [4.69, 9.17) is 22.1 Å². The van der Waals surface area contributed by atoms with Gasteiger partial charge in [0.1, 0.15) is 10.6 Å². The highest BCUT2D eigenvalue weighted by atomic mass is 35.5. The maximum absolute atomic E-state index is 12.6. The lowest BCUT2D eigenvalue weighted by atomic mass is 10.0. The third kappa shape index (κ3) is 6.00. The summed E-state index contributed by atoms with van der Waals surface area (Å²) in [5.41, 5.74) is 7.72. The summed E-state index contributed by atoms with van der Waals surface area (Å²) >= 11 is 7.21. The Morgan fingerprint density at radius 1 is 1.14 bits per heavy atom. The molecule has 190 valence electrons. The van der Waals surface area contributed by atoms with Crippen LogP contribution in [0.25, 0.3) is 0 Å². The number of fused-ring (bicyclic) bond motifs is 1. The van der Waals surface area contributed by atoms with Gasteiger partial charge in [0.25, 0.3) is 5.91 Å². The molecule has 36 heavy (non-hydrogen) atoms. The van der Waals surface area contributed by atoms with Gasteiger partial charge in [-0.3, -0.25) is 15.0 Å². The highest BCUT2D eigenvalue weighted by Gasteiger charge is 2.29. The van der Waals surface area contributed by atoms with Crippen LogP contribution in [0.1, 0.15) is 41.6 Å². The summed E-state index contributed by atoms with van der Waals surface area (Å²) in [5, 5.41) is 6.46. The van der Waals surface area contributed by atoms with Crippen LogP contribution >= 0.6 is 22.9 Å². The van der Waals surface area contributed by atoms with Crippen molar-refractivity contribution in [1.29, 1.82) is 0 Å². The van der Waals surface area contributed by atoms with Crippen molar-refractivity contribution in [3.63, 3.8) is 0 Å². The Hall–Kier alpha value is -3.50. The number of nitrogens with two attached hydrogens (primary N) is 1. The van der Waals surface area contributed by atoms with Gasteiger partial charge in [-0.15, -0.1) is 11.3 Å². The van der Waals surface area contributed by atoms with Gasteiger partial charge in [-0.25, -0.2) is 9.59 Å². The SMILES string of the molecule is CC(C)(C)OC(=O)N1C=C(N2CCc3c(sc(NC(=O)Nc4ccc(Cl)cc4)c3C(N)=O)C2)C=CC1. The standard InChI is InChI=1S/C25H28ClN5O4S/c1-25(2,3)35-24(34)31-11-4-5-17(13-31)30-12-10-18-19(14-30)36-22(20(18)21(27)32)29-23(33)28-16-8-6-15(26)7-9-16/h4-9,13H,10-12,14H2,1-3H3,(H2,27,32)(H2,28,29,33). The number of anilines is 2. The second-order valence-electron chi connectivity index (χ2n) is 9.42. The molecule has 11 heteroatoms. The number of carbonyl (C=O) groups is 3. The molecule has 9 nitrogen and oxygen atoms in total. The average Bonchev–Trinajstić information content (AvgIpc) is 3.16. The Morgan fingerprint density at radius 3 is 2.53 bits per heavy atom. The van der Waals surface area contributed by atoms with Gasteiger partial charge in [0.05, 0.1) is 17.8 Å². The van der Waals surface area contributed by atoms with E-state index in [1.54, 1.807) is 30.5 Å². The molecule has 0 saturated heterocycles. The van der Waals surface area contributed by atoms with E-state index in [-0.39, 0.29) is 0 Å². The lowest BCUT2D eigenvalue weighted by Crippen LogP contribution is -2.37. The maximum Gasteiger partial charge on any atom is 0.414 e. The van der Waals surface area contributed by atoms with E-state index in [2.05, 4.69) is 15.5 Å². The number of ether oxygens (including phenoxy) is 1. The Bertz CT molecular complexity index is 1250. The molecule has 0 bridgehead atoms. The van der Waals surface area contributed by atoms with E-state index in [0.717, 1.165) is 16.1 Å². The van der Waals surface area contributed by atoms with Gasteiger partial charge in [0, 0.05) is 34.9 Å². The number of thiophene rings is 1. The van der Waals surface area contributed by atoms with Gasteiger partial charge >= 0.3 is 12.1 Å². The Kier molecular flexibility index (Phi) is 7.28. The van der Waals surface area contributed by atoms with Gasteiger partial charge in [-0.1, -0.05) is 17.7 Å². The van der Waals surface area contributed by atoms with Crippen molar-refractivity contribution in [3.05, 3.63) is 69.3 Å². The van der Waals surface area contributed by atoms with Crippen molar-refractivity contribution >= 4 is 51.7 Å². The number of benzene rings is 1. The molecule has 0 spiro atoms. The molecule has 1 aromatic carbocycles. The molecule has 0 atom stereocenters. The van der Waals surface area contributed by atoms with Crippen molar-refractivity contribution in [2.24, 2.45) is 5.73 Å². The Balaban J connectivity index is 1.50. The van der Waals surface area contributed by atoms with Crippen LogP contribution in [0.2, 0.25) is 5.02 Å². The fourth-order valence-corrected chi connectivity index (χ4v) is 5.34. The van der Waals surface area contributed by atoms with Crippen LogP contribution in [-0.2, 0) is 17.7 Å². The second kappa shape index (κ2) is 10.2. The van der Waals surface area contributed by atoms with Gasteiger partial charge in [0.2, 0.25) is 0 Å². The van der Waals surface area contributed by atoms with Crippen molar-refractivity contribution in [3.8, 4) is 0 Å². The molecular formula is C25H28ClN5O4S. The zero-order chi connectivity index (χ0) is 26.0. The molecule has 0 unspecified atom stereocenters. The van der Waals surface area contributed by atoms with Gasteiger partial charge in [-0.05, 0) is 63.1 Å². The summed E-state index contributed by atoms with van der Waals surface area (Å²) in [4.78, 5) is 42.0. The summed E-state index contributed by atoms with van der Waals surface area (Å²) < 4.78 is 5.49. The second-order valence-corrected chi connectivity index (χ2v) is 11.0. The quantitative estimate of drug-likeness (QED) is 0.506. The first kappa shape index (κ1) is 25.6.